The largest absolute Gasteiger partial charge is 0.493 e. The highest BCUT2D eigenvalue weighted by molar-refractivity contribution is 7.99. The molecule has 4 aliphatic heterocycles. The maximum absolute atomic E-state index is 14.7. The van der Waals surface area contributed by atoms with Gasteiger partial charge in [0, 0.05) is 59.7 Å². The van der Waals surface area contributed by atoms with E-state index in [0.717, 1.165) is 16.7 Å². The van der Waals surface area contributed by atoms with Gasteiger partial charge < -0.3 is 48.3 Å². The summed E-state index contributed by atoms with van der Waals surface area (Å²) in [6.07, 6.45) is -0.494. The summed E-state index contributed by atoms with van der Waals surface area (Å²) in [7, 11) is 5.09. The van der Waals surface area contributed by atoms with E-state index in [0.29, 0.717) is 36.9 Å². The van der Waals surface area contributed by atoms with Gasteiger partial charge in [0.05, 0.1) is 38.5 Å². The van der Waals surface area contributed by atoms with E-state index < -0.39 is 71.9 Å². The molecule has 9 rings (SSSR count). The fourth-order valence-corrected chi connectivity index (χ4v) is 12.5. The Morgan fingerprint density at radius 3 is 2.38 bits per heavy atom. The van der Waals surface area contributed by atoms with Gasteiger partial charge in [0.25, 0.3) is 0 Å². The number of nitrogens with one attached hydrogen (secondary N) is 1. The van der Waals surface area contributed by atoms with Crippen LogP contribution in [-0.4, -0.2) is 140 Å². The molecule has 3 saturated heterocycles. The van der Waals surface area contributed by atoms with Gasteiger partial charge in [-0.25, -0.2) is 9.59 Å². The van der Waals surface area contributed by atoms with Crippen molar-refractivity contribution in [2.45, 2.75) is 101 Å². The van der Waals surface area contributed by atoms with E-state index in [1.807, 2.05) is 49.2 Å². The van der Waals surface area contributed by atoms with E-state index >= 15 is 0 Å². The minimum absolute atomic E-state index is 0.0526. The maximum Gasteiger partial charge on any atom is 0.408 e. The van der Waals surface area contributed by atoms with Gasteiger partial charge in [-0.2, -0.15) is 17.0 Å². The molecule has 16 nitrogen and oxygen atoms in total. The molecule has 1 amide bonds. The smallest absolute Gasteiger partial charge is 0.408 e. The van der Waals surface area contributed by atoms with Crippen molar-refractivity contribution in [1.82, 2.24) is 15.1 Å². The molecule has 0 spiro atoms. The van der Waals surface area contributed by atoms with Gasteiger partial charge in [-0.3, -0.25) is 14.6 Å². The molecule has 2 aliphatic carbocycles. The summed E-state index contributed by atoms with van der Waals surface area (Å²) < 4.78 is 47.2. The number of aliphatic hydroxyl groups is 1. The number of rotatable bonds is 15. The van der Waals surface area contributed by atoms with Crippen molar-refractivity contribution in [1.29, 1.82) is 5.26 Å². The van der Waals surface area contributed by atoms with Crippen molar-refractivity contribution >= 4 is 29.6 Å². The van der Waals surface area contributed by atoms with E-state index in [-0.39, 0.29) is 54.3 Å². The van der Waals surface area contributed by atoms with Crippen molar-refractivity contribution < 1.29 is 57.4 Å². The van der Waals surface area contributed by atoms with Crippen molar-refractivity contribution in [3.8, 4) is 28.7 Å². The Bertz CT molecular complexity index is 2590. The number of alkyl carbamates (subject to hydrolysis) is 1. The standard InChI is InChI=1S/C52H60N4O12S/c1-28-19-30-20-37-39(22-53)56-38(43(55(37)6)41(30)46(44(28)62-8)65-26-63-18-17-61-7)21-52(60)42(47-45(66-27-67-47)29(2)48(52)57)40(56)23-64-49(58)36(54-50(59)68-51(3,4)5)25-69-24-35-33-15-11-9-13-31(33)32-14-10-12-16-34(32)35/h9-16,19,35-40,43,60H,17-18,20-21,23-27H2,1-8H3,(H,54,59)/t36-,37-,38?,39+,40+,43+,52?/m1/s1. The number of benzene rings is 3. The lowest BCUT2D eigenvalue weighted by molar-refractivity contribution is -0.159. The molecule has 0 radical (unpaired) electrons. The molecule has 2 N–H and O–H groups in total. The SMILES string of the molecule is COCCOCOc1c(OC)c(C)cc2c1[C@@H]1C3CC4(O)C(=O)C(C)=C5OCOC5=C4[C@H](COC(=O)[C@@H](CSCC4c5ccccc5-c5ccccc54)NC(=O)OC(C)(C)C)N3[C@@H](C#N)[C@@H](C2)N1C. The molecule has 3 aromatic rings. The van der Waals surface area contributed by atoms with Crippen LogP contribution in [0.5, 0.6) is 11.5 Å². The lowest BCUT2D eigenvalue weighted by Crippen LogP contribution is -2.74. The quantitative estimate of drug-likeness (QED) is 0.101. The second-order valence-corrected chi connectivity index (χ2v) is 20.4. The van der Waals surface area contributed by atoms with Crippen LogP contribution in [0.2, 0.25) is 0 Å². The molecule has 366 valence electrons. The van der Waals surface area contributed by atoms with Crippen molar-refractivity contribution in [3.63, 3.8) is 0 Å². The summed E-state index contributed by atoms with van der Waals surface area (Å²) in [6.45, 7) is 8.68. The van der Waals surface area contributed by atoms with E-state index in [4.69, 9.17) is 37.9 Å². The summed E-state index contributed by atoms with van der Waals surface area (Å²) in [5.41, 5.74) is 4.61. The zero-order chi connectivity index (χ0) is 48.9. The van der Waals surface area contributed by atoms with E-state index in [1.165, 1.54) is 34.0 Å². The zero-order valence-corrected chi connectivity index (χ0v) is 41.1. The number of piperidine rings is 1. The van der Waals surface area contributed by atoms with Crippen LogP contribution in [0.4, 0.5) is 4.79 Å². The van der Waals surface area contributed by atoms with Crippen LogP contribution in [0.25, 0.3) is 11.1 Å². The summed E-state index contributed by atoms with van der Waals surface area (Å²) in [4.78, 5) is 46.9. The molecule has 69 heavy (non-hydrogen) atoms. The summed E-state index contributed by atoms with van der Waals surface area (Å²) in [6, 6.07) is 16.5. The van der Waals surface area contributed by atoms with Crippen molar-refractivity contribution in [3.05, 3.63) is 105 Å². The number of aryl methyl sites for hydroxylation is 1. The number of nitrogens with zero attached hydrogens (tertiary/aromatic N) is 3. The molecule has 4 heterocycles. The molecule has 2 unspecified atom stereocenters. The minimum atomic E-state index is -2.16. The monoisotopic (exact) mass is 964 g/mol. The predicted molar refractivity (Wildman–Crippen MR) is 254 cm³/mol. The first-order valence-corrected chi connectivity index (χ1v) is 24.5. The summed E-state index contributed by atoms with van der Waals surface area (Å²) in [5, 5.41) is 27.1. The van der Waals surface area contributed by atoms with Crippen LogP contribution >= 0.6 is 11.8 Å². The number of fused-ring (bicyclic) bond motifs is 11. The third-order valence-electron chi connectivity index (χ3n) is 14.2. The first-order chi connectivity index (χ1) is 33.1. The Morgan fingerprint density at radius 1 is 1.01 bits per heavy atom. The van der Waals surface area contributed by atoms with Crippen LogP contribution in [0.1, 0.15) is 73.9 Å². The number of ketones is 1. The topological polar surface area (TPSA) is 188 Å². The normalized spacial score (nSPS) is 25.2. The third kappa shape index (κ3) is 8.63. The number of methoxy groups -OCH3 is 2. The predicted octanol–water partition coefficient (Wildman–Crippen LogP) is 6.08. The molecule has 0 saturated carbocycles. The fraction of sp³-hybridized carbons (Fsp3) is 0.500. The highest BCUT2D eigenvalue weighted by Gasteiger charge is 2.64. The second-order valence-electron chi connectivity index (χ2n) is 19.4. The van der Waals surface area contributed by atoms with Gasteiger partial charge >= 0.3 is 12.1 Å². The molecule has 7 atom stereocenters. The minimum Gasteiger partial charge on any atom is -0.493 e. The van der Waals surface area contributed by atoms with Gasteiger partial charge in [-0.05, 0) is 81.5 Å². The molecule has 0 aromatic heterocycles. The number of thioether (sulfide) groups is 1. The number of likely N-dealkylation sites (N-methyl/N-ethyl adjacent to an activating group) is 1. The molecular formula is C52H60N4O12S. The Balaban J connectivity index is 1.07. The lowest BCUT2D eigenvalue weighted by atomic mass is 9.65. The van der Waals surface area contributed by atoms with Gasteiger partial charge in [-0.15, -0.1) is 0 Å². The number of hydrogen-bond donors (Lipinski definition) is 2. The van der Waals surface area contributed by atoms with Gasteiger partial charge in [0.15, 0.2) is 41.2 Å². The first kappa shape index (κ1) is 48.4. The number of amides is 1. The lowest BCUT2D eigenvalue weighted by Gasteiger charge is -2.62. The number of carbonyl (C=O) groups excluding carboxylic acids is 3. The summed E-state index contributed by atoms with van der Waals surface area (Å²) in [5.74, 6) is 0.805. The van der Waals surface area contributed by atoms with Gasteiger partial charge in [-0.1, -0.05) is 54.6 Å². The maximum atomic E-state index is 14.7. The Kier molecular flexibility index (Phi) is 13.5. The number of hydrogen-bond acceptors (Lipinski definition) is 16. The third-order valence-corrected chi connectivity index (χ3v) is 15.3. The molecule has 17 heteroatoms. The highest BCUT2D eigenvalue weighted by atomic mass is 32.2. The molecule has 3 fully saturated rings. The van der Waals surface area contributed by atoms with Crippen LogP contribution in [0.15, 0.2) is 77.3 Å². The summed E-state index contributed by atoms with van der Waals surface area (Å²) >= 11 is 1.50. The molecule has 3 aromatic carbocycles. The first-order valence-electron chi connectivity index (χ1n) is 23.3. The van der Waals surface area contributed by atoms with Crippen molar-refractivity contribution in [2.75, 3.05) is 66.2 Å². The van der Waals surface area contributed by atoms with Crippen LogP contribution in [0.3, 0.4) is 0 Å². The Labute approximate surface area is 406 Å². The van der Waals surface area contributed by atoms with Gasteiger partial charge in [0.2, 0.25) is 6.79 Å². The van der Waals surface area contributed by atoms with E-state index in [9.17, 15) is 24.8 Å². The number of carbonyl (C=O) groups is 3. The molecule has 2 bridgehead atoms. The second kappa shape index (κ2) is 19.3. The average molecular weight is 965 g/mol. The van der Waals surface area contributed by atoms with Crippen molar-refractivity contribution in [2.24, 2.45) is 0 Å². The Hall–Kier alpha value is -5.61. The highest BCUT2D eigenvalue weighted by Crippen LogP contribution is 2.57. The number of piperazine rings is 1. The number of esters is 1. The Morgan fingerprint density at radius 2 is 1.71 bits per heavy atom. The van der Waals surface area contributed by atoms with E-state index in [2.05, 4.69) is 40.6 Å². The number of ether oxygens (including phenoxy) is 8. The van der Waals surface area contributed by atoms with E-state index in [1.54, 1.807) is 41.9 Å². The van der Waals surface area contributed by atoms with Crippen LogP contribution < -0.4 is 14.8 Å². The average Bonchev–Trinajstić information content (AvgIpc) is 3.92. The molecular weight excluding hydrogens is 905 g/mol. The van der Waals surface area contributed by atoms with Crippen LogP contribution in [0, 0.1) is 18.3 Å². The zero-order valence-electron chi connectivity index (χ0n) is 40.3. The van der Waals surface area contributed by atoms with Gasteiger partial charge in [0.1, 0.15) is 24.3 Å². The number of Topliss-reactive ketones (excluding diaryl/α,β-unsaturated/α-hetero) is 1. The van der Waals surface area contributed by atoms with Crippen LogP contribution in [-0.2, 0) is 44.4 Å². The fourth-order valence-electron chi connectivity index (χ4n) is 11.3. The number of nitriles is 1. The molecule has 6 aliphatic rings.